The number of aliphatic carboxylic acids is 1. The highest BCUT2D eigenvalue weighted by Gasteiger charge is 2.20. The maximum atomic E-state index is 12.1. The van der Waals surface area contributed by atoms with Crippen molar-refractivity contribution in [1.82, 2.24) is 5.32 Å². The molecule has 1 atom stereocenters. The number of methoxy groups -OCH3 is 1. The third-order valence-electron chi connectivity index (χ3n) is 6.53. The third-order valence-corrected chi connectivity index (χ3v) is 6.53. The number of carboxylic acid groups (broad SMARTS) is 1. The van der Waals surface area contributed by atoms with Crippen molar-refractivity contribution in [3.05, 3.63) is 0 Å². The Morgan fingerprint density at radius 1 is 0.667 bits per heavy atom. The lowest BCUT2D eigenvalue weighted by Gasteiger charge is -2.14. The molecular formula is C29H55NO6. The van der Waals surface area contributed by atoms with Crippen LogP contribution in [0.2, 0.25) is 0 Å². The molecule has 0 aliphatic carbocycles. The van der Waals surface area contributed by atoms with Crippen LogP contribution in [-0.4, -0.2) is 55.7 Å². The average molecular weight is 514 g/mol. The molecule has 1 amide bonds. The second kappa shape index (κ2) is 26.6. The number of nitrogens with one attached hydrogen (secondary N) is 1. The first-order valence-electron chi connectivity index (χ1n) is 14.6. The van der Waals surface area contributed by atoms with E-state index in [9.17, 15) is 19.5 Å². The number of carbonyl (C=O) groups excluding carboxylic acids is 2. The maximum Gasteiger partial charge on any atom is 0.326 e. The lowest BCUT2D eigenvalue weighted by atomic mass is 10.0. The molecule has 0 aromatic carbocycles. The molecule has 36 heavy (non-hydrogen) atoms. The average Bonchev–Trinajstić information content (AvgIpc) is 2.86. The van der Waals surface area contributed by atoms with E-state index in [2.05, 4.69) is 12.2 Å². The van der Waals surface area contributed by atoms with Crippen LogP contribution < -0.4 is 5.32 Å². The Labute approximate surface area is 220 Å². The van der Waals surface area contributed by atoms with Crippen molar-refractivity contribution in [2.45, 2.75) is 141 Å². The second-order valence-electron chi connectivity index (χ2n) is 9.94. The van der Waals surface area contributed by atoms with Gasteiger partial charge >= 0.3 is 5.97 Å². The first-order valence-corrected chi connectivity index (χ1v) is 14.6. The Bertz CT molecular complexity index is 540. The lowest BCUT2D eigenvalue weighted by molar-refractivity contribution is -0.142. The van der Waals surface area contributed by atoms with Crippen molar-refractivity contribution in [2.24, 2.45) is 0 Å². The van der Waals surface area contributed by atoms with Gasteiger partial charge in [-0.05, 0) is 19.3 Å². The van der Waals surface area contributed by atoms with Gasteiger partial charge in [-0.2, -0.15) is 0 Å². The number of ketones is 1. The molecule has 1 unspecified atom stereocenters. The van der Waals surface area contributed by atoms with Crippen LogP contribution in [0.15, 0.2) is 0 Å². The molecule has 7 nitrogen and oxygen atoms in total. The fourth-order valence-corrected chi connectivity index (χ4v) is 4.23. The molecule has 0 aliphatic heterocycles. The van der Waals surface area contributed by atoms with Crippen LogP contribution in [-0.2, 0) is 23.9 Å². The zero-order chi connectivity index (χ0) is 26.7. The summed E-state index contributed by atoms with van der Waals surface area (Å²) in [4.78, 5) is 35.6. The molecule has 0 fully saturated rings. The summed E-state index contributed by atoms with van der Waals surface area (Å²) in [5.74, 6) is -1.33. The summed E-state index contributed by atoms with van der Waals surface area (Å²) >= 11 is 0. The summed E-state index contributed by atoms with van der Waals surface area (Å²) in [5.41, 5.74) is 0. The zero-order valence-corrected chi connectivity index (χ0v) is 23.3. The molecule has 0 saturated carbocycles. The summed E-state index contributed by atoms with van der Waals surface area (Å²) in [6.07, 6.45) is 20.6. The highest BCUT2D eigenvalue weighted by atomic mass is 16.5. The Kier molecular flexibility index (Phi) is 25.5. The molecule has 212 valence electrons. The van der Waals surface area contributed by atoms with Crippen LogP contribution in [0, 0.1) is 0 Å². The summed E-state index contributed by atoms with van der Waals surface area (Å²) in [5, 5.41) is 12.0. The van der Waals surface area contributed by atoms with E-state index in [0.717, 1.165) is 19.3 Å². The van der Waals surface area contributed by atoms with Crippen molar-refractivity contribution in [2.75, 3.05) is 26.9 Å². The SMILES string of the molecule is CCCCCCCCCCCCCCCCCC(=O)NC(CCC(=O)CCCOCCOC)C(=O)O. The van der Waals surface area contributed by atoms with E-state index in [4.69, 9.17) is 9.47 Å². The second-order valence-corrected chi connectivity index (χ2v) is 9.94. The minimum atomic E-state index is -1.09. The number of hydrogen-bond acceptors (Lipinski definition) is 5. The third kappa shape index (κ3) is 24.2. The molecule has 0 aromatic rings. The van der Waals surface area contributed by atoms with Gasteiger partial charge in [0.15, 0.2) is 0 Å². The Hall–Kier alpha value is -1.47. The molecule has 2 N–H and O–H groups in total. The first kappa shape index (κ1) is 34.5. The summed E-state index contributed by atoms with van der Waals surface area (Å²) in [6.45, 7) is 3.76. The lowest BCUT2D eigenvalue weighted by Crippen LogP contribution is -2.41. The van der Waals surface area contributed by atoms with Gasteiger partial charge in [0.2, 0.25) is 5.91 Å². The van der Waals surface area contributed by atoms with Gasteiger partial charge in [0.25, 0.3) is 0 Å². The van der Waals surface area contributed by atoms with Crippen molar-refractivity contribution in [3.8, 4) is 0 Å². The highest BCUT2D eigenvalue weighted by Crippen LogP contribution is 2.14. The van der Waals surface area contributed by atoms with Gasteiger partial charge in [0, 0.05) is 33.0 Å². The first-order chi connectivity index (χ1) is 17.5. The number of amides is 1. The Balaban J connectivity index is 3.66. The predicted octanol–water partition coefficient (Wildman–Crippen LogP) is 6.61. The fraction of sp³-hybridized carbons (Fsp3) is 0.897. The van der Waals surface area contributed by atoms with Crippen molar-refractivity contribution in [1.29, 1.82) is 0 Å². The number of Topliss-reactive ketones (excluding diaryl/α,β-unsaturated/α-hetero) is 1. The van der Waals surface area contributed by atoms with Gasteiger partial charge in [-0.3, -0.25) is 9.59 Å². The zero-order valence-electron chi connectivity index (χ0n) is 23.3. The number of unbranched alkanes of at least 4 members (excludes halogenated alkanes) is 14. The van der Waals surface area contributed by atoms with Gasteiger partial charge in [-0.25, -0.2) is 4.79 Å². The van der Waals surface area contributed by atoms with Crippen LogP contribution in [0.25, 0.3) is 0 Å². The number of hydrogen-bond donors (Lipinski definition) is 2. The molecule has 0 spiro atoms. The van der Waals surface area contributed by atoms with Crippen LogP contribution in [0.5, 0.6) is 0 Å². The van der Waals surface area contributed by atoms with E-state index < -0.39 is 12.0 Å². The van der Waals surface area contributed by atoms with Crippen molar-refractivity contribution in [3.63, 3.8) is 0 Å². The van der Waals surface area contributed by atoms with E-state index in [1.165, 1.54) is 77.0 Å². The van der Waals surface area contributed by atoms with E-state index in [-0.39, 0.29) is 24.5 Å². The van der Waals surface area contributed by atoms with Crippen molar-refractivity contribution < 1.29 is 29.0 Å². The Morgan fingerprint density at radius 3 is 1.69 bits per heavy atom. The Morgan fingerprint density at radius 2 is 1.19 bits per heavy atom. The molecular weight excluding hydrogens is 458 g/mol. The van der Waals surface area contributed by atoms with Crippen LogP contribution in [0.3, 0.4) is 0 Å². The van der Waals surface area contributed by atoms with E-state index in [1.807, 2.05) is 0 Å². The number of carbonyl (C=O) groups is 3. The minimum absolute atomic E-state index is 0.00625. The van der Waals surface area contributed by atoms with Gasteiger partial charge in [-0.1, -0.05) is 96.8 Å². The molecule has 0 aromatic heterocycles. The normalized spacial score (nSPS) is 11.9. The minimum Gasteiger partial charge on any atom is -0.480 e. The number of rotatable bonds is 28. The fourth-order valence-electron chi connectivity index (χ4n) is 4.23. The molecule has 0 heterocycles. The van der Waals surface area contributed by atoms with E-state index in [0.29, 0.717) is 39.1 Å². The topological polar surface area (TPSA) is 102 Å². The quantitative estimate of drug-likeness (QED) is 0.114. The molecule has 0 rings (SSSR count). The van der Waals surface area contributed by atoms with Gasteiger partial charge in [0.1, 0.15) is 11.8 Å². The predicted molar refractivity (Wildman–Crippen MR) is 145 cm³/mol. The van der Waals surface area contributed by atoms with E-state index >= 15 is 0 Å². The molecule has 0 saturated heterocycles. The molecule has 0 aliphatic rings. The summed E-state index contributed by atoms with van der Waals surface area (Å²) in [7, 11) is 1.60. The maximum absolute atomic E-state index is 12.1. The smallest absolute Gasteiger partial charge is 0.326 e. The largest absolute Gasteiger partial charge is 0.480 e. The van der Waals surface area contributed by atoms with Gasteiger partial charge in [-0.15, -0.1) is 0 Å². The molecule has 0 radical (unpaired) electrons. The van der Waals surface area contributed by atoms with Gasteiger partial charge < -0.3 is 19.9 Å². The highest BCUT2D eigenvalue weighted by molar-refractivity contribution is 5.84. The standard InChI is InChI=1S/C29H55NO6/c1-3-4-5-6-7-8-9-10-11-12-13-14-15-16-17-20-28(32)30-27(29(33)34)22-21-26(31)19-18-23-36-25-24-35-2/h27H,3-25H2,1-2H3,(H,30,32)(H,33,34). The summed E-state index contributed by atoms with van der Waals surface area (Å²) in [6, 6.07) is -1.00. The van der Waals surface area contributed by atoms with Crippen molar-refractivity contribution >= 4 is 17.7 Å². The molecule has 7 heteroatoms. The monoisotopic (exact) mass is 513 g/mol. The van der Waals surface area contributed by atoms with Crippen LogP contribution >= 0.6 is 0 Å². The number of carboxylic acids is 1. The van der Waals surface area contributed by atoms with E-state index in [1.54, 1.807) is 7.11 Å². The van der Waals surface area contributed by atoms with Crippen LogP contribution in [0.4, 0.5) is 0 Å². The summed E-state index contributed by atoms with van der Waals surface area (Å²) < 4.78 is 10.2. The number of ether oxygens (including phenoxy) is 2. The van der Waals surface area contributed by atoms with Crippen LogP contribution in [0.1, 0.15) is 135 Å². The molecule has 0 bridgehead atoms. The van der Waals surface area contributed by atoms with Gasteiger partial charge in [0.05, 0.1) is 13.2 Å².